The number of amides is 1. The molecule has 0 radical (unpaired) electrons. The van der Waals surface area contributed by atoms with E-state index in [1.54, 1.807) is 25.1 Å². The fourth-order valence-electron chi connectivity index (χ4n) is 3.64. The number of nitrogens with zero attached hydrogens (tertiary/aromatic N) is 3. The van der Waals surface area contributed by atoms with E-state index in [0.29, 0.717) is 34.4 Å². The standard InChI is InChI=1S/C22H20F3N5O3/c1-12-18(20(31)29-16-9-8-15(32-2)10-17(16)33-3)19(30-21(28-12)26-11-27-30)13-4-6-14(7-5-13)22(23,24)25/h4-11,19H,1-3H3,(H,29,31)(H,26,27,28)/t19-/m0/s1. The molecular weight excluding hydrogens is 439 g/mol. The number of ether oxygens (including phenoxy) is 2. The van der Waals surface area contributed by atoms with Crippen molar-refractivity contribution in [3.8, 4) is 11.5 Å². The zero-order chi connectivity index (χ0) is 23.8. The molecule has 0 saturated carbocycles. The summed E-state index contributed by atoms with van der Waals surface area (Å²) in [6, 6.07) is 8.75. The van der Waals surface area contributed by atoms with Gasteiger partial charge < -0.3 is 20.1 Å². The van der Waals surface area contributed by atoms with Crippen molar-refractivity contribution in [2.24, 2.45) is 0 Å². The van der Waals surface area contributed by atoms with Crippen LogP contribution in [0.5, 0.6) is 11.5 Å². The predicted octanol–water partition coefficient (Wildman–Crippen LogP) is 4.24. The Kier molecular flexibility index (Phi) is 5.71. The third kappa shape index (κ3) is 4.21. The second-order valence-electron chi connectivity index (χ2n) is 7.23. The van der Waals surface area contributed by atoms with Crippen molar-refractivity contribution in [3.05, 3.63) is 71.2 Å². The molecule has 8 nitrogen and oxygen atoms in total. The van der Waals surface area contributed by atoms with Crippen molar-refractivity contribution in [2.45, 2.75) is 19.1 Å². The van der Waals surface area contributed by atoms with E-state index in [-0.39, 0.29) is 5.57 Å². The monoisotopic (exact) mass is 459 g/mol. The first-order valence-corrected chi connectivity index (χ1v) is 9.80. The number of aromatic nitrogens is 3. The number of hydrogen-bond acceptors (Lipinski definition) is 6. The molecule has 33 heavy (non-hydrogen) atoms. The van der Waals surface area contributed by atoms with Gasteiger partial charge in [-0.1, -0.05) is 12.1 Å². The van der Waals surface area contributed by atoms with Crippen LogP contribution in [0.25, 0.3) is 0 Å². The molecule has 0 bridgehead atoms. The highest BCUT2D eigenvalue weighted by Crippen LogP contribution is 2.38. The largest absolute Gasteiger partial charge is 0.497 e. The molecule has 2 N–H and O–H groups in total. The van der Waals surface area contributed by atoms with E-state index < -0.39 is 23.7 Å². The Morgan fingerprint density at radius 2 is 1.85 bits per heavy atom. The van der Waals surface area contributed by atoms with Gasteiger partial charge in [-0.05, 0) is 36.8 Å². The minimum Gasteiger partial charge on any atom is -0.497 e. The smallest absolute Gasteiger partial charge is 0.416 e. The molecule has 1 aromatic heterocycles. The highest BCUT2D eigenvalue weighted by Gasteiger charge is 2.35. The Morgan fingerprint density at radius 3 is 2.48 bits per heavy atom. The van der Waals surface area contributed by atoms with E-state index in [9.17, 15) is 18.0 Å². The number of benzene rings is 2. The molecule has 0 spiro atoms. The molecule has 0 saturated heterocycles. The molecule has 172 valence electrons. The van der Waals surface area contributed by atoms with E-state index in [0.717, 1.165) is 12.1 Å². The number of anilines is 2. The molecule has 2 aromatic carbocycles. The van der Waals surface area contributed by atoms with Crippen LogP contribution in [0.1, 0.15) is 24.1 Å². The Hall–Kier alpha value is -4.02. The highest BCUT2D eigenvalue weighted by atomic mass is 19.4. The van der Waals surface area contributed by atoms with Gasteiger partial charge in [0.25, 0.3) is 5.91 Å². The van der Waals surface area contributed by atoms with Gasteiger partial charge in [0.1, 0.15) is 23.9 Å². The second-order valence-corrected chi connectivity index (χ2v) is 7.23. The first-order valence-electron chi connectivity index (χ1n) is 9.80. The lowest BCUT2D eigenvalue weighted by molar-refractivity contribution is -0.137. The van der Waals surface area contributed by atoms with E-state index in [2.05, 4.69) is 20.7 Å². The lowest BCUT2D eigenvalue weighted by Crippen LogP contribution is -2.31. The molecule has 1 aliphatic heterocycles. The second kappa shape index (κ2) is 8.49. The quantitative estimate of drug-likeness (QED) is 0.593. The Labute approximate surface area is 187 Å². The molecule has 2 heterocycles. The molecule has 11 heteroatoms. The Balaban J connectivity index is 1.73. The summed E-state index contributed by atoms with van der Waals surface area (Å²) in [6.07, 6.45) is -3.16. The first kappa shape index (κ1) is 22.2. The molecule has 3 aromatic rings. The predicted molar refractivity (Wildman–Crippen MR) is 114 cm³/mol. The first-order chi connectivity index (χ1) is 15.7. The average Bonchev–Trinajstić information content (AvgIpc) is 3.25. The lowest BCUT2D eigenvalue weighted by atomic mass is 9.94. The number of carbonyl (C=O) groups excluding carboxylic acids is 1. The topological polar surface area (TPSA) is 90.3 Å². The highest BCUT2D eigenvalue weighted by molar-refractivity contribution is 6.06. The van der Waals surface area contributed by atoms with Crippen LogP contribution >= 0.6 is 0 Å². The summed E-state index contributed by atoms with van der Waals surface area (Å²) in [4.78, 5) is 17.5. The van der Waals surface area contributed by atoms with Gasteiger partial charge in [-0.2, -0.15) is 23.3 Å². The zero-order valence-electron chi connectivity index (χ0n) is 17.9. The van der Waals surface area contributed by atoms with E-state index in [4.69, 9.17) is 9.47 Å². The van der Waals surface area contributed by atoms with Crippen molar-refractivity contribution in [2.75, 3.05) is 24.9 Å². The maximum Gasteiger partial charge on any atom is 0.416 e. The van der Waals surface area contributed by atoms with Crippen molar-refractivity contribution >= 4 is 17.5 Å². The molecule has 1 amide bonds. The maximum atomic E-state index is 13.4. The third-order valence-electron chi connectivity index (χ3n) is 5.25. The number of allylic oxidation sites excluding steroid dienone is 1. The normalized spacial score (nSPS) is 15.5. The summed E-state index contributed by atoms with van der Waals surface area (Å²) in [5, 5.41) is 10.0. The van der Waals surface area contributed by atoms with Gasteiger partial charge in [-0.15, -0.1) is 0 Å². The van der Waals surface area contributed by atoms with Gasteiger partial charge >= 0.3 is 6.18 Å². The molecule has 1 aliphatic rings. The number of alkyl halides is 3. The number of carbonyl (C=O) groups is 1. The molecule has 0 fully saturated rings. The fourth-order valence-corrected chi connectivity index (χ4v) is 3.64. The van der Waals surface area contributed by atoms with Gasteiger partial charge in [-0.3, -0.25) is 4.79 Å². The molecule has 1 atom stereocenters. The van der Waals surface area contributed by atoms with Crippen LogP contribution in [0, 0.1) is 0 Å². The van der Waals surface area contributed by atoms with Crippen molar-refractivity contribution in [3.63, 3.8) is 0 Å². The van der Waals surface area contributed by atoms with Gasteiger partial charge in [0, 0.05) is 11.8 Å². The summed E-state index contributed by atoms with van der Waals surface area (Å²) in [7, 11) is 2.98. The van der Waals surface area contributed by atoms with Gasteiger partial charge in [0.15, 0.2) is 0 Å². The van der Waals surface area contributed by atoms with Crippen LogP contribution in [0.4, 0.5) is 24.8 Å². The number of methoxy groups -OCH3 is 2. The van der Waals surface area contributed by atoms with Gasteiger partial charge in [0.05, 0.1) is 31.0 Å². The number of rotatable bonds is 5. The summed E-state index contributed by atoms with van der Waals surface area (Å²) in [5.41, 5.74) is 0.825. The van der Waals surface area contributed by atoms with Crippen LogP contribution in [-0.2, 0) is 11.0 Å². The fraction of sp³-hybridized carbons (Fsp3) is 0.227. The van der Waals surface area contributed by atoms with Gasteiger partial charge in [-0.25, -0.2) is 4.68 Å². The van der Waals surface area contributed by atoms with E-state index in [1.807, 2.05) is 0 Å². The maximum absolute atomic E-state index is 13.4. The Morgan fingerprint density at radius 1 is 1.12 bits per heavy atom. The average molecular weight is 459 g/mol. The van der Waals surface area contributed by atoms with Crippen molar-refractivity contribution in [1.82, 2.24) is 14.8 Å². The zero-order valence-corrected chi connectivity index (χ0v) is 17.9. The summed E-state index contributed by atoms with van der Waals surface area (Å²) < 4.78 is 51.1. The number of halogens is 3. The minimum atomic E-state index is -4.47. The number of fused-ring (bicyclic) bond motifs is 1. The van der Waals surface area contributed by atoms with Crippen LogP contribution < -0.4 is 20.1 Å². The molecule has 0 aliphatic carbocycles. The lowest BCUT2D eigenvalue weighted by Gasteiger charge is -2.29. The summed E-state index contributed by atoms with van der Waals surface area (Å²) >= 11 is 0. The Bertz CT molecular complexity index is 1220. The molecule has 4 rings (SSSR count). The minimum absolute atomic E-state index is 0.269. The molecule has 0 unspecified atom stereocenters. The summed E-state index contributed by atoms with van der Waals surface area (Å²) in [5.74, 6) is 0.831. The van der Waals surface area contributed by atoms with Crippen LogP contribution in [0.3, 0.4) is 0 Å². The number of nitrogens with one attached hydrogen (secondary N) is 2. The van der Waals surface area contributed by atoms with E-state index >= 15 is 0 Å². The van der Waals surface area contributed by atoms with Crippen molar-refractivity contribution in [1.29, 1.82) is 0 Å². The third-order valence-corrected chi connectivity index (χ3v) is 5.25. The van der Waals surface area contributed by atoms with E-state index in [1.165, 1.54) is 37.4 Å². The van der Waals surface area contributed by atoms with Crippen LogP contribution in [0.2, 0.25) is 0 Å². The number of hydrogen-bond donors (Lipinski definition) is 2. The van der Waals surface area contributed by atoms with Crippen LogP contribution in [0.15, 0.2) is 60.1 Å². The van der Waals surface area contributed by atoms with Gasteiger partial charge in [0.2, 0.25) is 5.95 Å². The molecular formula is C22H20F3N5O3. The summed E-state index contributed by atoms with van der Waals surface area (Å²) in [6.45, 7) is 1.69. The van der Waals surface area contributed by atoms with Crippen molar-refractivity contribution < 1.29 is 27.4 Å². The van der Waals surface area contributed by atoms with Crippen LogP contribution in [-0.4, -0.2) is 34.9 Å². The SMILES string of the molecule is COc1ccc(NC(=O)C2=C(C)Nc3ncnn3[C@H]2c2ccc(C(F)(F)F)cc2)c(OC)c1.